The highest BCUT2D eigenvalue weighted by atomic mass is 16.5. The van der Waals surface area contributed by atoms with Gasteiger partial charge in [-0.15, -0.1) is 0 Å². The number of hydrogen-bond acceptors (Lipinski definition) is 3. The van der Waals surface area contributed by atoms with Crippen molar-refractivity contribution in [1.82, 2.24) is 0 Å². The minimum Gasteiger partial charge on any atom is -0.480 e. The number of carbonyl (C=O) groups is 2. The minimum atomic E-state index is -1.00. The van der Waals surface area contributed by atoms with Crippen LogP contribution in [0.15, 0.2) is 42.5 Å². The van der Waals surface area contributed by atoms with Gasteiger partial charge >= 0.3 is 5.97 Å². The third kappa shape index (κ3) is 4.13. The number of aryl methyl sites for hydroxylation is 1. The quantitative estimate of drug-likeness (QED) is 0.846. The highest BCUT2D eigenvalue weighted by Crippen LogP contribution is 2.23. The van der Waals surface area contributed by atoms with Crippen molar-refractivity contribution < 1.29 is 19.4 Å². The van der Waals surface area contributed by atoms with Gasteiger partial charge in [-0.1, -0.05) is 19.1 Å². The molecule has 24 heavy (non-hydrogen) atoms. The van der Waals surface area contributed by atoms with Gasteiger partial charge in [0.1, 0.15) is 5.75 Å². The van der Waals surface area contributed by atoms with E-state index in [2.05, 4.69) is 5.32 Å². The van der Waals surface area contributed by atoms with Crippen LogP contribution in [0, 0.1) is 13.8 Å². The number of rotatable bonds is 6. The Hall–Kier alpha value is -2.82. The second-order valence-corrected chi connectivity index (χ2v) is 5.58. The van der Waals surface area contributed by atoms with Crippen LogP contribution in [0.25, 0.3) is 0 Å². The first-order valence-electron chi connectivity index (χ1n) is 7.79. The Morgan fingerprint density at radius 3 is 2.38 bits per heavy atom. The second-order valence-electron chi connectivity index (χ2n) is 5.58. The lowest BCUT2D eigenvalue weighted by Crippen LogP contribution is -2.32. The lowest BCUT2D eigenvalue weighted by atomic mass is 10.1. The molecule has 5 nitrogen and oxygen atoms in total. The van der Waals surface area contributed by atoms with Crippen LogP contribution in [0.4, 0.5) is 5.69 Å². The number of carbonyl (C=O) groups excluding carboxylic acids is 1. The van der Waals surface area contributed by atoms with E-state index in [-0.39, 0.29) is 11.5 Å². The Morgan fingerprint density at radius 2 is 1.79 bits per heavy atom. The number of benzene rings is 2. The first kappa shape index (κ1) is 17.5. The standard InChI is InChI=1S/C19H21NO4/c1-4-16(24-17-7-5-6-12(2)13(17)3)18(21)20-15-10-8-14(9-11-15)19(22)23/h5-11,16H,4H2,1-3H3,(H,20,21)(H,22,23)/t16-/m1/s1. The molecule has 5 heteroatoms. The molecule has 0 spiro atoms. The van der Waals surface area contributed by atoms with E-state index in [9.17, 15) is 9.59 Å². The molecular formula is C19H21NO4. The van der Waals surface area contributed by atoms with Crippen molar-refractivity contribution in [1.29, 1.82) is 0 Å². The zero-order valence-corrected chi connectivity index (χ0v) is 14.0. The molecule has 1 amide bonds. The average Bonchev–Trinajstić information content (AvgIpc) is 2.56. The van der Waals surface area contributed by atoms with E-state index in [1.54, 1.807) is 12.1 Å². The van der Waals surface area contributed by atoms with Gasteiger partial charge in [0.15, 0.2) is 6.10 Å². The van der Waals surface area contributed by atoms with Gasteiger partial charge in [-0.05, 0) is 61.7 Å². The smallest absolute Gasteiger partial charge is 0.335 e. The van der Waals surface area contributed by atoms with Gasteiger partial charge in [0.05, 0.1) is 5.56 Å². The Labute approximate surface area is 141 Å². The zero-order chi connectivity index (χ0) is 17.7. The number of ether oxygens (including phenoxy) is 1. The van der Waals surface area contributed by atoms with Crippen LogP contribution in [0.1, 0.15) is 34.8 Å². The summed E-state index contributed by atoms with van der Waals surface area (Å²) in [4.78, 5) is 23.3. The van der Waals surface area contributed by atoms with Gasteiger partial charge in [-0.25, -0.2) is 4.79 Å². The van der Waals surface area contributed by atoms with Crippen LogP contribution in [0.3, 0.4) is 0 Å². The summed E-state index contributed by atoms with van der Waals surface area (Å²) < 4.78 is 5.87. The Morgan fingerprint density at radius 1 is 1.12 bits per heavy atom. The van der Waals surface area contributed by atoms with Crippen molar-refractivity contribution in [3.63, 3.8) is 0 Å². The summed E-state index contributed by atoms with van der Waals surface area (Å²) >= 11 is 0. The molecule has 2 N–H and O–H groups in total. The summed E-state index contributed by atoms with van der Waals surface area (Å²) in [5.74, 6) is -0.572. The molecule has 2 aromatic carbocycles. The minimum absolute atomic E-state index is 0.173. The van der Waals surface area contributed by atoms with E-state index in [1.165, 1.54) is 12.1 Å². The fraction of sp³-hybridized carbons (Fsp3) is 0.263. The molecule has 0 aliphatic rings. The lowest BCUT2D eigenvalue weighted by Gasteiger charge is -2.19. The third-order valence-corrected chi connectivity index (χ3v) is 3.89. The molecule has 0 saturated heterocycles. The molecule has 0 aromatic heterocycles. The maximum absolute atomic E-state index is 12.4. The monoisotopic (exact) mass is 327 g/mol. The normalized spacial score (nSPS) is 11.6. The summed E-state index contributed by atoms with van der Waals surface area (Å²) in [6.45, 7) is 5.83. The number of anilines is 1. The van der Waals surface area contributed by atoms with Crippen molar-refractivity contribution in [2.45, 2.75) is 33.3 Å². The molecule has 2 aromatic rings. The predicted molar refractivity (Wildman–Crippen MR) is 92.7 cm³/mol. The van der Waals surface area contributed by atoms with E-state index in [0.29, 0.717) is 17.9 Å². The van der Waals surface area contributed by atoms with Crippen LogP contribution in [0.2, 0.25) is 0 Å². The Balaban J connectivity index is 2.08. The molecular weight excluding hydrogens is 306 g/mol. The topological polar surface area (TPSA) is 75.6 Å². The highest BCUT2D eigenvalue weighted by Gasteiger charge is 2.19. The number of nitrogens with one attached hydrogen (secondary N) is 1. The fourth-order valence-corrected chi connectivity index (χ4v) is 2.25. The van der Waals surface area contributed by atoms with Gasteiger partial charge in [0.2, 0.25) is 0 Å². The van der Waals surface area contributed by atoms with Crippen LogP contribution >= 0.6 is 0 Å². The van der Waals surface area contributed by atoms with Crippen molar-refractivity contribution >= 4 is 17.6 Å². The first-order chi connectivity index (χ1) is 11.4. The molecule has 2 rings (SSSR count). The zero-order valence-electron chi connectivity index (χ0n) is 14.0. The van der Waals surface area contributed by atoms with Crippen LogP contribution < -0.4 is 10.1 Å². The van der Waals surface area contributed by atoms with Crippen LogP contribution in [-0.2, 0) is 4.79 Å². The number of amides is 1. The average molecular weight is 327 g/mol. The number of carboxylic acid groups (broad SMARTS) is 1. The number of hydrogen-bond donors (Lipinski definition) is 2. The molecule has 1 atom stereocenters. The molecule has 0 aliphatic heterocycles. The maximum atomic E-state index is 12.4. The van der Waals surface area contributed by atoms with Gasteiger partial charge < -0.3 is 15.2 Å². The van der Waals surface area contributed by atoms with Crippen molar-refractivity contribution in [3.8, 4) is 5.75 Å². The summed E-state index contributed by atoms with van der Waals surface area (Å²) in [7, 11) is 0. The molecule has 0 unspecified atom stereocenters. The first-order valence-corrected chi connectivity index (χ1v) is 7.79. The van der Waals surface area contributed by atoms with E-state index in [0.717, 1.165) is 11.1 Å². The Kier molecular flexibility index (Phi) is 5.58. The highest BCUT2D eigenvalue weighted by molar-refractivity contribution is 5.95. The van der Waals surface area contributed by atoms with Crippen LogP contribution in [-0.4, -0.2) is 23.1 Å². The third-order valence-electron chi connectivity index (χ3n) is 3.89. The summed E-state index contributed by atoms with van der Waals surface area (Å²) in [6, 6.07) is 11.8. The van der Waals surface area contributed by atoms with Gasteiger partial charge in [0, 0.05) is 5.69 Å². The van der Waals surface area contributed by atoms with E-state index in [1.807, 2.05) is 39.0 Å². The lowest BCUT2D eigenvalue weighted by molar-refractivity contribution is -0.122. The Bertz CT molecular complexity index is 738. The molecule has 0 aliphatic carbocycles. The van der Waals surface area contributed by atoms with Gasteiger partial charge in [0.25, 0.3) is 5.91 Å². The number of aromatic carboxylic acids is 1. The SMILES string of the molecule is CC[C@@H](Oc1cccc(C)c1C)C(=O)Nc1ccc(C(=O)O)cc1. The summed E-state index contributed by atoms with van der Waals surface area (Å²) in [5.41, 5.74) is 2.82. The van der Waals surface area contributed by atoms with E-state index in [4.69, 9.17) is 9.84 Å². The molecule has 0 heterocycles. The van der Waals surface area contributed by atoms with Crippen molar-refractivity contribution in [3.05, 3.63) is 59.2 Å². The van der Waals surface area contributed by atoms with Crippen molar-refractivity contribution in [2.24, 2.45) is 0 Å². The van der Waals surface area contributed by atoms with Gasteiger partial charge in [-0.2, -0.15) is 0 Å². The number of carboxylic acids is 1. The summed E-state index contributed by atoms with van der Waals surface area (Å²) in [6.07, 6.45) is -0.100. The molecule has 0 fully saturated rings. The van der Waals surface area contributed by atoms with E-state index >= 15 is 0 Å². The molecule has 126 valence electrons. The van der Waals surface area contributed by atoms with E-state index < -0.39 is 12.1 Å². The fourth-order valence-electron chi connectivity index (χ4n) is 2.25. The maximum Gasteiger partial charge on any atom is 0.335 e. The second kappa shape index (κ2) is 7.64. The summed E-state index contributed by atoms with van der Waals surface area (Å²) in [5, 5.41) is 11.6. The predicted octanol–water partition coefficient (Wildman–Crippen LogP) is 3.80. The van der Waals surface area contributed by atoms with Gasteiger partial charge in [-0.3, -0.25) is 4.79 Å². The van der Waals surface area contributed by atoms with Crippen molar-refractivity contribution in [2.75, 3.05) is 5.32 Å². The molecule has 0 saturated carbocycles. The largest absolute Gasteiger partial charge is 0.480 e. The molecule has 0 bridgehead atoms. The molecule has 0 radical (unpaired) electrons. The van der Waals surface area contributed by atoms with Crippen LogP contribution in [0.5, 0.6) is 5.75 Å².